The van der Waals surface area contributed by atoms with Crippen molar-refractivity contribution in [1.29, 1.82) is 5.26 Å². The molecule has 0 N–H and O–H groups in total. The number of benzene rings is 1. The van der Waals surface area contributed by atoms with E-state index in [1.807, 2.05) is 29.2 Å². The molecular weight excluding hydrogens is 266 g/mol. The van der Waals surface area contributed by atoms with Crippen molar-refractivity contribution in [3.05, 3.63) is 29.8 Å². The van der Waals surface area contributed by atoms with E-state index >= 15 is 0 Å². The van der Waals surface area contributed by atoms with Crippen LogP contribution in [0.2, 0.25) is 0 Å². The summed E-state index contributed by atoms with van der Waals surface area (Å²) in [6.45, 7) is 3.61. The molecule has 110 valence electrons. The fourth-order valence-corrected chi connectivity index (χ4v) is 2.99. The second-order valence-corrected chi connectivity index (χ2v) is 5.44. The van der Waals surface area contributed by atoms with E-state index in [1.54, 1.807) is 0 Å². The van der Waals surface area contributed by atoms with Gasteiger partial charge < -0.3 is 14.5 Å². The van der Waals surface area contributed by atoms with E-state index in [1.165, 1.54) is 0 Å². The normalized spacial score (nSPS) is 22.1. The Morgan fingerprint density at radius 2 is 2.00 bits per heavy atom. The van der Waals surface area contributed by atoms with Crippen molar-refractivity contribution in [2.45, 2.75) is 18.9 Å². The lowest BCUT2D eigenvalue weighted by atomic mass is 10.1. The molecule has 1 amide bonds. The van der Waals surface area contributed by atoms with Gasteiger partial charge in [0.05, 0.1) is 11.3 Å². The van der Waals surface area contributed by atoms with E-state index in [9.17, 15) is 10.1 Å². The Morgan fingerprint density at radius 1 is 1.24 bits per heavy atom. The summed E-state index contributed by atoms with van der Waals surface area (Å²) in [6, 6.07) is 9.85. The summed E-state index contributed by atoms with van der Waals surface area (Å²) >= 11 is 0. The molecule has 0 radical (unpaired) electrons. The Bertz CT molecular complexity index is 553. The first-order chi connectivity index (χ1) is 10.3. The van der Waals surface area contributed by atoms with Crippen LogP contribution in [0.15, 0.2) is 24.3 Å². The molecule has 0 aliphatic carbocycles. The summed E-state index contributed by atoms with van der Waals surface area (Å²) in [5, 5.41) is 9.18. The number of hydrogen-bond acceptors (Lipinski definition) is 4. The molecule has 0 bridgehead atoms. The summed E-state index contributed by atoms with van der Waals surface area (Å²) in [5.41, 5.74) is 1.65. The lowest BCUT2D eigenvalue weighted by Gasteiger charge is -2.37. The maximum Gasteiger partial charge on any atom is 0.251 e. The van der Waals surface area contributed by atoms with Gasteiger partial charge in [-0.25, -0.2) is 0 Å². The predicted octanol–water partition coefficient (Wildman–Crippen LogP) is 1.39. The van der Waals surface area contributed by atoms with Crippen LogP contribution in [0, 0.1) is 11.3 Å². The van der Waals surface area contributed by atoms with Gasteiger partial charge in [-0.2, -0.15) is 5.26 Å². The highest BCUT2D eigenvalue weighted by Crippen LogP contribution is 2.22. The number of carbonyl (C=O) groups is 1. The lowest BCUT2D eigenvalue weighted by molar-refractivity contribution is -0.141. The number of carbonyl (C=O) groups excluding carboxylic acids is 1. The molecule has 1 unspecified atom stereocenters. The van der Waals surface area contributed by atoms with E-state index < -0.39 is 0 Å². The second kappa shape index (κ2) is 6.15. The highest BCUT2D eigenvalue weighted by molar-refractivity contribution is 5.81. The van der Waals surface area contributed by atoms with E-state index in [4.69, 9.17) is 4.74 Å². The molecule has 0 aromatic heterocycles. The fourth-order valence-electron chi connectivity index (χ4n) is 2.99. The first-order valence-corrected chi connectivity index (χ1v) is 7.44. The zero-order valence-corrected chi connectivity index (χ0v) is 12.0. The first-order valence-electron chi connectivity index (χ1n) is 7.44. The van der Waals surface area contributed by atoms with Crippen LogP contribution in [0.4, 0.5) is 5.69 Å². The predicted molar refractivity (Wildman–Crippen MR) is 78.9 cm³/mol. The van der Waals surface area contributed by atoms with Crippen molar-refractivity contribution in [2.75, 3.05) is 37.7 Å². The van der Waals surface area contributed by atoms with Crippen LogP contribution >= 0.6 is 0 Å². The van der Waals surface area contributed by atoms with E-state index in [0.29, 0.717) is 25.3 Å². The number of ether oxygens (including phenoxy) is 1. The molecule has 3 rings (SSSR count). The molecule has 2 fully saturated rings. The number of amides is 1. The van der Waals surface area contributed by atoms with Gasteiger partial charge >= 0.3 is 0 Å². The van der Waals surface area contributed by atoms with Crippen LogP contribution < -0.4 is 4.90 Å². The molecular formula is C16H19N3O2. The number of hydrogen-bond donors (Lipinski definition) is 0. The van der Waals surface area contributed by atoms with Gasteiger partial charge in [0.15, 0.2) is 0 Å². The summed E-state index contributed by atoms with van der Waals surface area (Å²) in [6.07, 6.45) is 1.59. The molecule has 2 heterocycles. The average molecular weight is 285 g/mol. The van der Waals surface area contributed by atoms with Crippen LogP contribution in [-0.4, -0.2) is 49.7 Å². The third-order valence-electron chi connectivity index (χ3n) is 4.16. The zero-order valence-electron chi connectivity index (χ0n) is 12.0. The molecule has 21 heavy (non-hydrogen) atoms. The summed E-state index contributed by atoms with van der Waals surface area (Å²) < 4.78 is 5.47. The first kappa shape index (κ1) is 13.9. The molecule has 0 saturated carbocycles. The van der Waals surface area contributed by atoms with Gasteiger partial charge in [0.2, 0.25) is 0 Å². The van der Waals surface area contributed by atoms with E-state index in [0.717, 1.165) is 31.6 Å². The van der Waals surface area contributed by atoms with Crippen molar-refractivity contribution in [3.8, 4) is 6.07 Å². The van der Waals surface area contributed by atoms with E-state index in [-0.39, 0.29) is 12.0 Å². The van der Waals surface area contributed by atoms with Gasteiger partial charge in [-0.1, -0.05) is 12.1 Å². The van der Waals surface area contributed by atoms with Gasteiger partial charge in [0.1, 0.15) is 12.2 Å². The standard InChI is InChI=1S/C16H19N3O2/c17-12-13-4-1-2-5-14(13)18-7-9-19(10-8-18)16(20)15-6-3-11-21-15/h1-2,4-5,15H,3,6-11H2. The monoisotopic (exact) mass is 285 g/mol. The quantitative estimate of drug-likeness (QED) is 0.824. The number of para-hydroxylation sites is 1. The Morgan fingerprint density at radius 3 is 2.67 bits per heavy atom. The SMILES string of the molecule is N#Cc1ccccc1N1CCN(C(=O)C2CCCO2)CC1. The minimum Gasteiger partial charge on any atom is -0.368 e. The van der Waals surface area contributed by atoms with Crippen molar-refractivity contribution in [2.24, 2.45) is 0 Å². The molecule has 5 heteroatoms. The van der Waals surface area contributed by atoms with Gasteiger partial charge in [0, 0.05) is 32.8 Å². The Kier molecular flexibility index (Phi) is 4.07. The molecule has 2 aliphatic rings. The number of rotatable bonds is 2. The molecule has 1 aromatic rings. The second-order valence-electron chi connectivity index (χ2n) is 5.44. The topological polar surface area (TPSA) is 56.6 Å². The van der Waals surface area contributed by atoms with Crippen LogP contribution in [-0.2, 0) is 9.53 Å². The average Bonchev–Trinajstić information content (AvgIpc) is 3.09. The van der Waals surface area contributed by atoms with Crippen LogP contribution in [0.3, 0.4) is 0 Å². The highest BCUT2D eigenvalue weighted by Gasteiger charge is 2.30. The summed E-state index contributed by atoms with van der Waals surface area (Å²) in [7, 11) is 0. The largest absolute Gasteiger partial charge is 0.368 e. The third kappa shape index (κ3) is 2.86. The molecule has 2 saturated heterocycles. The molecule has 2 aliphatic heterocycles. The van der Waals surface area contributed by atoms with Crippen molar-refractivity contribution < 1.29 is 9.53 Å². The smallest absolute Gasteiger partial charge is 0.251 e. The number of nitriles is 1. The molecule has 0 spiro atoms. The van der Waals surface area contributed by atoms with Crippen LogP contribution in [0.5, 0.6) is 0 Å². The zero-order chi connectivity index (χ0) is 14.7. The van der Waals surface area contributed by atoms with Gasteiger partial charge in [-0.3, -0.25) is 4.79 Å². The van der Waals surface area contributed by atoms with Gasteiger partial charge in [-0.15, -0.1) is 0 Å². The maximum atomic E-state index is 12.3. The number of anilines is 1. The molecule has 1 aromatic carbocycles. The summed E-state index contributed by atoms with van der Waals surface area (Å²) in [5.74, 6) is 0.126. The van der Waals surface area contributed by atoms with E-state index in [2.05, 4.69) is 11.0 Å². The minimum absolute atomic E-state index is 0.126. The highest BCUT2D eigenvalue weighted by atomic mass is 16.5. The molecule has 5 nitrogen and oxygen atoms in total. The Hall–Kier alpha value is -2.06. The molecule has 1 atom stereocenters. The van der Waals surface area contributed by atoms with Crippen molar-refractivity contribution in [3.63, 3.8) is 0 Å². The van der Waals surface area contributed by atoms with Crippen LogP contribution in [0.25, 0.3) is 0 Å². The van der Waals surface area contributed by atoms with Gasteiger partial charge in [-0.05, 0) is 25.0 Å². The Labute approximate surface area is 124 Å². The maximum absolute atomic E-state index is 12.3. The third-order valence-corrected chi connectivity index (χ3v) is 4.16. The number of nitrogens with zero attached hydrogens (tertiary/aromatic N) is 3. The fraction of sp³-hybridized carbons (Fsp3) is 0.500. The number of piperazine rings is 1. The minimum atomic E-state index is -0.233. The summed E-state index contributed by atoms with van der Waals surface area (Å²) in [4.78, 5) is 16.4. The lowest BCUT2D eigenvalue weighted by Crippen LogP contribution is -2.51. The van der Waals surface area contributed by atoms with Gasteiger partial charge in [0.25, 0.3) is 5.91 Å². The van der Waals surface area contributed by atoms with Crippen molar-refractivity contribution >= 4 is 11.6 Å². The van der Waals surface area contributed by atoms with Crippen LogP contribution in [0.1, 0.15) is 18.4 Å². The van der Waals surface area contributed by atoms with Crippen molar-refractivity contribution in [1.82, 2.24) is 4.90 Å². The Balaban J connectivity index is 1.62.